The van der Waals surface area contributed by atoms with E-state index in [9.17, 15) is 4.79 Å². The molecule has 0 radical (unpaired) electrons. The van der Waals surface area contributed by atoms with Crippen LogP contribution in [0.1, 0.15) is 24.8 Å². The summed E-state index contributed by atoms with van der Waals surface area (Å²) >= 11 is 0. The highest BCUT2D eigenvalue weighted by Crippen LogP contribution is 2.28. The number of hydrogen-bond acceptors (Lipinski definition) is 5. The van der Waals surface area contributed by atoms with Crippen LogP contribution in [0.3, 0.4) is 0 Å². The first kappa shape index (κ1) is 18.0. The minimum Gasteiger partial charge on any atom is -0.493 e. The normalized spacial score (nSPS) is 13.5. The summed E-state index contributed by atoms with van der Waals surface area (Å²) in [4.78, 5) is 18.9. The van der Waals surface area contributed by atoms with Crippen molar-refractivity contribution in [2.45, 2.75) is 25.7 Å². The molecule has 26 heavy (non-hydrogen) atoms. The number of carbonyl (C=O) groups is 1. The van der Waals surface area contributed by atoms with Crippen molar-refractivity contribution in [1.82, 2.24) is 4.98 Å². The van der Waals surface area contributed by atoms with E-state index in [1.54, 1.807) is 20.4 Å². The summed E-state index contributed by atoms with van der Waals surface area (Å²) in [6.45, 7) is 2.12. The van der Waals surface area contributed by atoms with Crippen LogP contribution in [0.5, 0.6) is 11.5 Å². The zero-order chi connectivity index (χ0) is 18.4. The second-order valence-electron chi connectivity index (χ2n) is 6.34. The van der Waals surface area contributed by atoms with E-state index in [-0.39, 0.29) is 5.91 Å². The summed E-state index contributed by atoms with van der Waals surface area (Å²) < 4.78 is 10.5. The summed E-state index contributed by atoms with van der Waals surface area (Å²) in [6, 6.07) is 9.58. The molecule has 6 heteroatoms. The Morgan fingerprint density at radius 3 is 2.54 bits per heavy atom. The van der Waals surface area contributed by atoms with E-state index in [0.717, 1.165) is 30.2 Å². The van der Waals surface area contributed by atoms with E-state index >= 15 is 0 Å². The molecule has 1 aromatic carbocycles. The zero-order valence-electron chi connectivity index (χ0n) is 15.3. The number of hydrogen-bond donors (Lipinski definition) is 1. The molecule has 3 rings (SSSR count). The Morgan fingerprint density at radius 2 is 1.88 bits per heavy atom. The Bertz CT molecular complexity index is 740. The molecule has 1 fully saturated rings. The van der Waals surface area contributed by atoms with Gasteiger partial charge in [0.15, 0.2) is 11.5 Å². The maximum atomic E-state index is 12.2. The van der Waals surface area contributed by atoms with Crippen molar-refractivity contribution in [2.24, 2.45) is 0 Å². The lowest BCUT2D eigenvalue weighted by molar-refractivity contribution is -0.116. The van der Waals surface area contributed by atoms with Gasteiger partial charge in [-0.1, -0.05) is 6.07 Å². The molecule has 0 unspecified atom stereocenters. The second-order valence-corrected chi connectivity index (χ2v) is 6.34. The third-order valence-corrected chi connectivity index (χ3v) is 4.55. The molecular formula is C20H25N3O3. The second kappa shape index (κ2) is 8.56. The fourth-order valence-electron chi connectivity index (χ4n) is 3.11. The average Bonchev–Trinajstić information content (AvgIpc) is 3.21. The van der Waals surface area contributed by atoms with Crippen LogP contribution in [0.25, 0.3) is 0 Å². The predicted molar refractivity (Wildman–Crippen MR) is 102 cm³/mol. The Morgan fingerprint density at radius 1 is 1.12 bits per heavy atom. The number of nitrogens with one attached hydrogen (secondary N) is 1. The number of benzene rings is 1. The highest BCUT2D eigenvalue weighted by Gasteiger charge is 2.13. The predicted octanol–water partition coefficient (Wildman–Crippen LogP) is 3.27. The Labute approximate surface area is 154 Å². The summed E-state index contributed by atoms with van der Waals surface area (Å²) in [5, 5.41) is 2.91. The summed E-state index contributed by atoms with van der Waals surface area (Å²) in [6.07, 6.45) is 5.18. The summed E-state index contributed by atoms with van der Waals surface area (Å²) in [5.74, 6) is 2.30. The molecule has 2 aromatic rings. The van der Waals surface area contributed by atoms with Gasteiger partial charge in [-0.25, -0.2) is 4.98 Å². The number of carbonyl (C=O) groups excluding carboxylic acids is 1. The van der Waals surface area contributed by atoms with Crippen molar-refractivity contribution in [1.29, 1.82) is 0 Å². The standard InChI is InChI=1S/C20H25N3O3/c1-25-17-8-5-15(13-18(17)26-2)6-10-20(24)22-16-7-9-19(21-14-16)23-11-3-4-12-23/h5,7-9,13-14H,3-4,6,10-12H2,1-2H3,(H,22,24). The summed E-state index contributed by atoms with van der Waals surface area (Å²) in [5.41, 5.74) is 1.76. The number of rotatable bonds is 7. The van der Waals surface area contributed by atoms with Gasteiger partial charge in [-0.2, -0.15) is 0 Å². The fourth-order valence-corrected chi connectivity index (χ4v) is 3.11. The quantitative estimate of drug-likeness (QED) is 0.826. The van der Waals surface area contributed by atoms with Gasteiger partial charge in [-0.15, -0.1) is 0 Å². The molecule has 0 aliphatic carbocycles. The molecule has 1 saturated heterocycles. The zero-order valence-corrected chi connectivity index (χ0v) is 15.3. The lowest BCUT2D eigenvalue weighted by Gasteiger charge is -2.16. The first-order valence-corrected chi connectivity index (χ1v) is 8.91. The smallest absolute Gasteiger partial charge is 0.224 e. The van der Waals surface area contributed by atoms with E-state index in [1.807, 2.05) is 30.3 Å². The van der Waals surface area contributed by atoms with Crippen LogP contribution in [-0.4, -0.2) is 38.2 Å². The van der Waals surface area contributed by atoms with E-state index < -0.39 is 0 Å². The molecule has 1 amide bonds. The van der Waals surface area contributed by atoms with Crippen molar-refractivity contribution >= 4 is 17.4 Å². The number of anilines is 2. The molecular weight excluding hydrogens is 330 g/mol. The number of aryl methyl sites for hydroxylation is 1. The van der Waals surface area contributed by atoms with Gasteiger partial charge in [0, 0.05) is 19.5 Å². The molecule has 0 atom stereocenters. The van der Waals surface area contributed by atoms with Crippen LogP contribution in [0.4, 0.5) is 11.5 Å². The molecule has 6 nitrogen and oxygen atoms in total. The monoisotopic (exact) mass is 355 g/mol. The largest absolute Gasteiger partial charge is 0.493 e. The van der Waals surface area contributed by atoms with Gasteiger partial charge in [0.25, 0.3) is 0 Å². The van der Waals surface area contributed by atoms with Crippen molar-refractivity contribution in [3.63, 3.8) is 0 Å². The SMILES string of the molecule is COc1ccc(CCC(=O)Nc2ccc(N3CCCC3)nc2)cc1OC. The molecule has 138 valence electrons. The molecule has 1 aromatic heterocycles. The van der Waals surface area contributed by atoms with Gasteiger partial charge >= 0.3 is 0 Å². The minimum absolute atomic E-state index is 0.0319. The van der Waals surface area contributed by atoms with E-state index in [4.69, 9.17) is 9.47 Å². The maximum Gasteiger partial charge on any atom is 0.224 e. The van der Waals surface area contributed by atoms with Gasteiger partial charge in [0.2, 0.25) is 5.91 Å². The van der Waals surface area contributed by atoms with Gasteiger partial charge in [-0.05, 0) is 49.1 Å². The number of pyridine rings is 1. The lowest BCUT2D eigenvalue weighted by Crippen LogP contribution is -2.19. The molecule has 1 aliphatic heterocycles. The van der Waals surface area contributed by atoms with Crippen LogP contribution < -0.4 is 19.7 Å². The topological polar surface area (TPSA) is 63.7 Å². The first-order chi connectivity index (χ1) is 12.7. The number of amides is 1. The van der Waals surface area contributed by atoms with Crippen molar-refractivity contribution in [2.75, 3.05) is 37.5 Å². The molecule has 2 heterocycles. The van der Waals surface area contributed by atoms with Gasteiger partial charge < -0.3 is 19.7 Å². The summed E-state index contributed by atoms with van der Waals surface area (Å²) in [7, 11) is 3.21. The third kappa shape index (κ3) is 4.45. The molecule has 1 N–H and O–H groups in total. The van der Waals surface area contributed by atoms with Gasteiger partial charge in [0.1, 0.15) is 5.82 Å². The van der Waals surface area contributed by atoms with Crippen LogP contribution in [0, 0.1) is 0 Å². The maximum absolute atomic E-state index is 12.2. The minimum atomic E-state index is -0.0319. The number of nitrogens with zero attached hydrogens (tertiary/aromatic N) is 2. The number of methoxy groups -OCH3 is 2. The van der Waals surface area contributed by atoms with E-state index in [2.05, 4.69) is 15.2 Å². The Hall–Kier alpha value is -2.76. The van der Waals surface area contributed by atoms with Crippen LogP contribution >= 0.6 is 0 Å². The number of ether oxygens (including phenoxy) is 2. The highest BCUT2D eigenvalue weighted by atomic mass is 16.5. The molecule has 0 saturated carbocycles. The molecule has 1 aliphatic rings. The fraction of sp³-hybridized carbons (Fsp3) is 0.400. The third-order valence-electron chi connectivity index (χ3n) is 4.55. The molecule has 0 bridgehead atoms. The van der Waals surface area contributed by atoms with Crippen LogP contribution in [-0.2, 0) is 11.2 Å². The Kier molecular flexibility index (Phi) is 5.94. The van der Waals surface area contributed by atoms with Crippen LogP contribution in [0.15, 0.2) is 36.5 Å². The van der Waals surface area contributed by atoms with Crippen molar-refractivity contribution in [3.05, 3.63) is 42.1 Å². The lowest BCUT2D eigenvalue weighted by atomic mass is 10.1. The van der Waals surface area contributed by atoms with Crippen molar-refractivity contribution < 1.29 is 14.3 Å². The molecule has 0 spiro atoms. The van der Waals surface area contributed by atoms with Crippen LogP contribution in [0.2, 0.25) is 0 Å². The van der Waals surface area contributed by atoms with E-state index in [1.165, 1.54) is 12.8 Å². The van der Waals surface area contributed by atoms with Gasteiger partial charge in [0.05, 0.1) is 26.1 Å². The number of aromatic nitrogens is 1. The Balaban J connectivity index is 1.52. The van der Waals surface area contributed by atoms with E-state index in [0.29, 0.717) is 24.3 Å². The van der Waals surface area contributed by atoms with Crippen molar-refractivity contribution in [3.8, 4) is 11.5 Å². The highest BCUT2D eigenvalue weighted by molar-refractivity contribution is 5.90. The first-order valence-electron chi connectivity index (χ1n) is 8.91. The van der Waals surface area contributed by atoms with Gasteiger partial charge in [-0.3, -0.25) is 4.79 Å². The average molecular weight is 355 g/mol.